The highest BCUT2D eigenvalue weighted by Crippen LogP contribution is 2.43. The molecule has 2 aliphatic rings. The first-order valence-corrected chi connectivity index (χ1v) is 9.45. The molecule has 2 aromatic rings. The minimum absolute atomic E-state index is 0.0865. The summed E-state index contributed by atoms with van der Waals surface area (Å²) in [6.45, 7) is 0. The second kappa shape index (κ2) is 7.19. The molecule has 3 atom stereocenters. The Labute approximate surface area is 156 Å². The molecule has 7 heteroatoms. The predicted octanol–water partition coefficient (Wildman–Crippen LogP) is 2.58. The zero-order chi connectivity index (χ0) is 18.1. The number of amides is 1. The second-order valence-corrected chi connectivity index (χ2v) is 7.37. The predicted molar refractivity (Wildman–Crippen MR) is 102 cm³/mol. The molecule has 0 aromatic heterocycles. The highest BCUT2D eigenvalue weighted by Gasteiger charge is 2.43. The van der Waals surface area contributed by atoms with Crippen molar-refractivity contribution in [3.63, 3.8) is 0 Å². The summed E-state index contributed by atoms with van der Waals surface area (Å²) in [6.07, 6.45) is 0. The van der Waals surface area contributed by atoms with Gasteiger partial charge in [0.2, 0.25) is 5.91 Å². The molecular formula is C19H21N3O3S. The number of benzene rings is 2. The molecule has 2 aromatic carbocycles. The van der Waals surface area contributed by atoms with Crippen LogP contribution in [0.25, 0.3) is 0 Å². The van der Waals surface area contributed by atoms with Crippen LogP contribution in [-0.2, 0) is 4.79 Å². The van der Waals surface area contributed by atoms with Gasteiger partial charge in [-0.15, -0.1) is 11.8 Å². The summed E-state index contributed by atoms with van der Waals surface area (Å²) in [5, 5.41) is 2.98. The highest BCUT2D eigenvalue weighted by molar-refractivity contribution is 7.99. The molecule has 1 saturated heterocycles. The lowest BCUT2D eigenvalue weighted by atomic mass is 9.90. The number of nitrogens with one attached hydrogen (secondary N) is 3. The molecule has 2 aliphatic heterocycles. The SMILES string of the molecule is COc1ccc(OC)c(NC(=O)C2NNC3c4ccccc4SCC23)c1. The molecule has 0 aliphatic carbocycles. The fourth-order valence-corrected chi connectivity index (χ4v) is 4.82. The molecule has 1 fully saturated rings. The van der Waals surface area contributed by atoms with Crippen molar-refractivity contribution in [2.75, 3.05) is 25.3 Å². The minimum Gasteiger partial charge on any atom is -0.497 e. The molecule has 0 saturated carbocycles. The number of hydrogen-bond acceptors (Lipinski definition) is 6. The molecule has 3 unspecified atom stereocenters. The number of anilines is 1. The van der Waals surface area contributed by atoms with Gasteiger partial charge in [-0.25, -0.2) is 10.9 Å². The zero-order valence-electron chi connectivity index (χ0n) is 14.6. The summed E-state index contributed by atoms with van der Waals surface area (Å²) in [4.78, 5) is 14.2. The van der Waals surface area contributed by atoms with Crippen molar-refractivity contribution >= 4 is 23.4 Å². The van der Waals surface area contributed by atoms with E-state index in [1.807, 2.05) is 12.1 Å². The highest BCUT2D eigenvalue weighted by atomic mass is 32.2. The number of hydrazine groups is 1. The lowest BCUT2D eigenvalue weighted by Crippen LogP contribution is -2.42. The van der Waals surface area contributed by atoms with Gasteiger partial charge in [0, 0.05) is 22.6 Å². The molecule has 0 radical (unpaired) electrons. The van der Waals surface area contributed by atoms with Crippen LogP contribution in [0.3, 0.4) is 0 Å². The Kier molecular flexibility index (Phi) is 4.76. The van der Waals surface area contributed by atoms with E-state index in [0.717, 1.165) is 5.75 Å². The topological polar surface area (TPSA) is 71.6 Å². The van der Waals surface area contributed by atoms with Crippen LogP contribution < -0.4 is 25.6 Å². The van der Waals surface area contributed by atoms with Gasteiger partial charge in [-0.1, -0.05) is 18.2 Å². The van der Waals surface area contributed by atoms with E-state index in [1.165, 1.54) is 10.5 Å². The number of methoxy groups -OCH3 is 2. The maximum atomic E-state index is 12.9. The maximum Gasteiger partial charge on any atom is 0.243 e. The lowest BCUT2D eigenvalue weighted by molar-refractivity contribution is -0.118. The summed E-state index contributed by atoms with van der Waals surface area (Å²) in [5.41, 5.74) is 8.33. The van der Waals surface area contributed by atoms with Gasteiger partial charge in [0.25, 0.3) is 0 Å². The van der Waals surface area contributed by atoms with E-state index in [9.17, 15) is 4.79 Å². The summed E-state index contributed by atoms with van der Waals surface area (Å²) < 4.78 is 10.6. The van der Waals surface area contributed by atoms with Gasteiger partial charge >= 0.3 is 0 Å². The van der Waals surface area contributed by atoms with Gasteiger partial charge in [-0.3, -0.25) is 4.79 Å². The fourth-order valence-electron chi connectivity index (χ4n) is 3.52. The summed E-state index contributed by atoms with van der Waals surface area (Å²) >= 11 is 1.80. The van der Waals surface area contributed by atoms with E-state index in [1.54, 1.807) is 44.2 Å². The molecular weight excluding hydrogens is 350 g/mol. The van der Waals surface area contributed by atoms with E-state index in [2.05, 4.69) is 28.3 Å². The monoisotopic (exact) mass is 371 g/mol. The number of carbonyl (C=O) groups excluding carboxylic acids is 1. The first-order valence-electron chi connectivity index (χ1n) is 8.47. The third-order valence-corrected chi connectivity index (χ3v) is 6.12. The molecule has 0 bridgehead atoms. The third-order valence-electron chi connectivity index (χ3n) is 4.88. The first kappa shape index (κ1) is 17.2. The average molecular weight is 371 g/mol. The Balaban J connectivity index is 1.54. The Hall–Kier alpha value is -2.22. The van der Waals surface area contributed by atoms with Crippen molar-refractivity contribution in [2.24, 2.45) is 5.92 Å². The van der Waals surface area contributed by atoms with Crippen LogP contribution in [0.4, 0.5) is 5.69 Å². The van der Waals surface area contributed by atoms with Crippen molar-refractivity contribution in [1.82, 2.24) is 10.9 Å². The van der Waals surface area contributed by atoms with Crippen LogP contribution >= 0.6 is 11.8 Å². The summed E-state index contributed by atoms with van der Waals surface area (Å²) in [5.74, 6) is 2.24. The van der Waals surface area contributed by atoms with Crippen LogP contribution in [0.1, 0.15) is 11.6 Å². The molecule has 2 heterocycles. The van der Waals surface area contributed by atoms with E-state index in [-0.39, 0.29) is 23.9 Å². The van der Waals surface area contributed by atoms with Gasteiger partial charge in [0.1, 0.15) is 17.5 Å². The number of rotatable bonds is 4. The number of hydrogen-bond donors (Lipinski definition) is 3. The van der Waals surface area contributed by atoms with Gasteiger partial charge in [0.05, 0.1) is 25.9 Å². The van der Waals surface area contributed by atoms with Gasteiger partial charge in [-0.2, -0.15) is 0 Å². The van der Waals surface area contributed by atoms with Crippen LogP contribution in [0.15, 0.2) is 47.4 Å². The number of thioether (sulfide) groups is 1. The largest absolute Gasteiger partial charge is 0.497 e. The maximum absolute atomic E-state index is 12.9. The smallest absolute Gasteiger partial charge is 0.243 e. The molecule has 1 amide bonds. The Morgan fingerprint density at radius 3 is 2.81 bits per heavy atom. The van der Waals surface area contributed by atoms with Gasteiger partial charge in [0.15, 0.2) is 0 Å². The van der Waals surface area contributed by atoms with Crippen molar-refractivity contribution < 1.29 is 14.3 Å². The molecule has 26 heavy (non-hydrogen) atoms. The van der Waals surface area contributed by atoms with Crippen molar-refractivity contribution in [3.8, 4) is 11.5 Å². The van der Waals surface area contributed by atoms with Gasteiger partial charge < -0.3 is 14.8 Å². The summed E-state index contributed by atoms with van der Waals surface area (Å²) in [6, 6.07) is 13.5. The normalized spacial score (nSPS) is 23.7. The average Bonchev–Trinajstić information content (AvgIpc) is 3.12. The van der Waals surface area contributed by atoms with Crippen LogP contribution in [0.2, 0.25) is 0 Å². The Morgan fingerprint density at radius 1 is 1.15 bits per heavy atom. The molecule has 3 N–H and O–H groups in total. The molecule has 136 valence electrons. The third kappa shape index (κ3) is 3.02. The Bertz CT molecular complexity index is 829. The zero-order valence-corrected chi connectivity index (χ0v) is 15.4. The quantitative estimate of drug-likeness (QED) is 0.767. The molecule has 0 spiro atoms. The van der Waals surface area contributed by atoms with Crippen molar-refractivity contribution in [3.05, 3.63) is 48.0 Å². The van der Waals surface area contributed by atoms with Gasteiger partial charge in [-0.05, 0) is 23.8 Å². The number of carbonyl (C=O) groups is 1. The number of fused-ring (bicyclic) bond motifs is 3. The van der Waals surface area contributed by atoms with E-state index >= 15 is 0 Å². The van der Waals surface area contributed by atoms with Crippen molar-refractivity contribution in [2.45, 2.75) is 17.0 Å². The van der Waals surface area contributed by atoms with Crippen LogP contribution in [0, 0.1) is 5.92 Å². The van der Waals surface area contributed by atoms with Crippen LogP contribution in [-0.4, -0.2) is 31.9 Å². The molecule has 4 rings (SSSR count). The Morgan fingerprint density at radius 2 is 2.00 bits per heavy atom. The van der Waals surface area contributed by atoms with Crippen molar-refractivity contribution in [1.29, 1.82) is 0 Å². The standard InChI is InChI=1S/C19H21N3O3S/c1-24-11-7-8-15(25-2)14(9-11)20-19(23)18-13-10-26-16-6-4-3-5-12(16)17(13)21-22-18/h3-9,13,17-18,21-22H,10H2,1-2H3,(H,20,23). The minimum atomic E-state index is -0.322. The summed E-state index contributed by atoms with van der Waals surface area (Å²) in [7, 11) is 3.18. The fraction of sp³-hybridized carbons (Fsp3) is 0.316. The molecule has 6 nitrogen and oxygen atoms in total. The van der Waals surface area contributed by atoms with E-state index in [0.29, 0.717) is 17.2 Å². The van der Waals surface area contributed by atoms with E-state index < -0.39 is 0 Å². The lowest BCUT2D eigenvalue weighted by Gasteiger charge is -2.28. The van der Waals surface area contributed by atoms with E-state index in [4.69, 9.17) is 9.47 Å². The second-order valence-electron chi connectivity index (χ2n) is 6.31. The first-order chi connectivity index (χ1) is 12.7. The number of ether oxygens (including phenoxy) is 2. The van der Waals surface area contributed by atoms with Crippen LogP contribution in [0.5, 0.6) is 11.5 Å².